The highest BCUT2D eigenvalue weighted by molar-refractivity contribution is 6.30. The molecule has 0 N–H and O–H groups in total. The topological polar surface area (TPSA) is 34.9 Å². The van der Waals surface area contributed by atoms with E-state index in [-0.39, 0.29) is 11.3 Å². The van der Waals surface area contributed by atoms with Crippen molar-refractivity contribution in [1.82, 2.24) is 9.78 Å². The van der Waals surface area contributed by atoms with Crippen LogP contribution in [-0.2, 0) is 0 Å². The van der Waals surface area contributed by atoms with E-state index in [0.717, 1.165) is 0 Å². The molecule has 0 aliphatic heterocycles. The summed E-state index contributed by atoms with van der Waals surface area (Å²) < 4.78 is 14.7. The number of hydrogen-bond donors (Lipinski definition) is 0. The maximum absolute atomic E-state index is 13.5. The fourth-order valence-electron chi connectivity index (χ4n) is 1.29. The lowest BCUT2D eigenvalue weighted by Crippen LogP contribution is -2.02. The fourth-order valence-corrected chi connectivity index (χ4v) is 1.43. The van der Waals surface area contributed by atoms with Gasteiger partial charge in [-0.3, -0.25) is 4.79 Å². The Bertz CT molecular complexity index is 510. The van der Waals surface area contributed by atoms with E-state index in [4.69, 9.17) is 11.6 Å². The third-order valence-electron chi connectivity index (χ3n) is 1.93. The summed E-state index contributed by atoms with van der Waals surface area (Å²) in [4.78, 5) is 10.7. The minimum absolute atomic E-state index is 0.111. The second-order valence-electron chi connectivity index (χ2n) is 2.90. The summed E-state index contributed by atoms with van der Waals surface area (Å²) in [5.41, 5.74) is 0.342. The van der Waals surface area contributed by atoms with Crippen molar-refractivity contribution in [2.24, 2.45) is 0 Å². The van der Waals surface area contributed by atoms with Crippen LogP contribution in [0.15, 0.2) is 30.6 Å². The van der Waals surface area contributed by atoms with Gasteiger partial charge >= 0.3 is 0 Å². The van der Waals surface area contributed by atoms with Crippen molar-refractivity contribution in [3.05, 3.63) is 47.0 Å². The van der Waals surface area contributed by atoms with E-state index in [1.165, 1.54) is 35.3 Å². The Morgan fingerprint density at radius 1 is 1.47 bits per heavy atom. The van der Waals surface area contributed by atoms with E-state index in [9.17, 15) is 9.18 Å². The van der Waals surface area contributed by atoms with Crippen molar-refractivity contribution in [3.63, 3.8) is 0 Å². The zero-order valence-electron chi connectivity index (χ0n) is 7.52. The standard InChI is InChI=1S/C10H6ClFN2O/c11-8-4-13-14(5-8)10-7(6-15)2-1-3-9(10)12/h1-6H. The van der Waals surface area contributed by atoms with Crippen LogP contribution >= 0.6 is 11.6 Å². The smallest absolute Gasteiger partial charge is 0.152 e. The van der Waals surface area contributed by atoms with Crippen LogP contribution in [0.3, 0.4) is 0 Å². The summed E-state index contributed by atoms with van der Waals surface area (Å²) in [5.74, 6) is -0.514. The Balaban J connectivity index is 2.65. The number of hydrogen-bond acceptors (Lipinski definition) is 2. The minimum Gasteiger partial charge on any atom is -0.298 e. The molecular weight excluding hydrogens is 219 g/mol. The van der Waals surface area contributed by atoms with Gasteiger partial charge in [0.1, 0.15) is 11.5 Å². The predicted octanol–water partition coefficient (Wildman–Crippen LogP) is 2.48. The third-order valence-corrected chi connectivity index (χ3v) is 2.12. The van der Waals surface area contributed by atoms with E-state index in [2.05, 4.69) is 5.10 Å². The molecule has 0 spiro atoms. The molecular formula is C10H6ClFN2O. The maximum atomic E-state index is 13.5. The van der Waals surface area contributed by atoms with Crippen LogP contribution < -0.4 is 0 Å². The fraction of sp³-hybridized carbons (Fsp3) is 0. The van der Waals surface area contributed by atoms with Crippen molar-refractivity contribution < 1.29 is 9.18 Å². The monoisotopic (exact) mass is 224 g/mol. The normalized spacial score (nSPS) is 10.3. The predicted molar refractivity (Wildman–Crippen MR) is 53.9 cm³/mol. The van der Waals surface area contributed by atoms with Crippen molar-refractivity contribution >= 4 is 17.9 Å². The maximum Gasteiger partial charge on any atom is 0.152 e. The van der Waals surface area contributed by atoms with E-state index >= 15 is 0 Å². The van der Waals surface area contributed by atoms with Gasteiger partial charge in [0.25, 0.3) is 0 Å². The van der Waals surface area contributed by atoms with Crippen molar-refractivity contribution in [2.45, 2.75) is 0 Å². The molecule has 5 heteroatoms. The quantitative estimate of drug-likeness (QED) is 0.735. The summed E-state index contributed by atoms with van der Waals surface area (Å²) in [7, 11) is 0. The Morgan fingerprint density at radius 2 is 2.27 bits per heavy atom. The largest absolute Gasteiger partial charge is 0.298 e. The molecule has 0 aliphatic rings. The van der Waals surface area contributed by atoms with E-state index in [1.54, 1.807) is 0 Å². The first kappa shape index (κ1) is 9.86. The molecule has 2 aromatic rings. The summed E-state index contributed by atoms with van der Waals surface area (Å²) in [5, 5.41) is 4.23. The van der Waals surface area contributed by atoms with Crippen molar-refractivity contribution in [3.8, 4) is 5.69 Å². The average molecular weight is 225 g/mol. The molecule has 0 unspecified atom stereocenters. The molecule has 0 amide bonds. The average Bonchev–Trinajstić information content (AvgIpc) is 2.64. The Hall–Kier alpha value is -1.68. The van der Waals surface area contributed by atoms with Gasteiger partial charge in [0.15, 0.2) is 6.29 Å². The summed E-state index contributed by atoms with van der Waals surface area (Å²) in [6.07, 6.45) is 3.39. The van der Waals surface area contributed by atoms with Crippen LogP contribution in [-0.4, -0.2) is 16.1 Å². The number of nitrogens with zero attached hydrogens (tertiary/aromatic N) is 2. The molecule has 2 rings (SSSR count). The number of rotatable bonds is 2. The highest BCUT2D eigenvalue weighted by atomic mass is 35.5. The number of halogens is 2. The van der Waals surface area contributed by atoms with Crippen LogP contribution in [0.5, 0.6) is 0 Å². The molecule has 0 radical (unpaired) electrons. The van der Waals surface area contributed by atoms with Gasteiger partial charge < -0.3 is 0 Å². The molecule has 1 aromatic heterocycles. The van der Waals surface area contributed by atoms with Crippen molar-refractivity contribution in [1.29, 1.82) is 0 Å². The summed E-state index contributed by atoms with van der Waals surface area (Å²) in [6.45, 7) is 0. The second-order valence-corrected chi connectivity index (χ2v) is 3.34. The molecule has 3 nitrogen and oxygen atoms in total. The van der Waals surface area contributed by atoms with Gasteiger partial charge in [-0.25, -0.2) is 9.07 Å². The van der Waals surface area contributed by atoms with Gasteiger partial charge in [-0.15, -0.1) is 0 Å². The van der Waals surface area contributed by atoms with Crippen LogP contribution in [0, 0.1) is 5.82 Å². The molecule has 1 heterocycles. The zero-order valence-corrected chi connectivity index (χ0v) is 8.28. The number of aromatic nitrogens is 2. The summed E-state index contributed by atoms with van der Waals surface area (Å²) in [6, 6.07) is 4.24. The summed E-state index contributed by atoms with van der Waals surface area (Å²) >= 11 is 5.66. The first-order valence-corrected chi connectivity index (χ1v) is 4.54. The van der Waals surface area contributed by atoms with E-state index < -0.39 is 5.82 Å². The number of aldehydes is 1. The van der Waals surface area contributed by atoms with Crippen LogP contribution in [0.4, 0.5) is 4.39 Å². The highest BCUT2D eigenvalue weighted by Gasteiger charge is 2.10. The Morgan fingerprint density at radius 3 is 2.87 bits per heavy atom. The van der Waals surface area contributed by atoms with Crippen LogP contribution in [0.1, 0.15) is 10.4 Å². The van der Waals surface area contributed by atoms with E-state index in [0.29, 0.717) is 11.3 Å². The first-order valence-electron chi connectivity index (χ1n) is 4.16. The van der Waals surface area contributed by atoms with Gasteiger partial charge in [0.05, 0.1) is 11.2 Å². The molecule has 15 heavy (non-hydrogen) atoms. The Kier molecular flexibility index (Phi) is 2.51. The molecule has 0 atom stereocenters. The first-order chi connectivity index (χ1) is 7.22. The van der Waals surface area contributed by atoms with Gasteiger partial charge in [-0.2, -0.15) is 5.10 Å². The highest BCUT2D eigenvalue weighted by Crippen LogP contribution is 2.18. The van der Waals surface area contributed by atoms with Crippen LogP contribution in [0.2, 0.25) is 5.02 Å². The molecule has 0 saturated heterocycles. The number of para-hydroxylation sites is 1. The van der Waals surface area contributed by atoms with Crippen LogP contribution in [0.25, 0.3) is 5.69 Å². The van der Waals surface area contributed by atoms with Gasteiger partial charge in [0, 0.05) is 11.8 Å². The molecule has 76 valence electrons. The van der Waals surface area contributed by atoms with Gasteiger partial charge in [-0.05, 0) is 12.1 Å². The van der Waals surface area contributed by atoms with Gasteiger partial charge in [-0.1, -0.05) is 17.7 Å². The van der Waals surface area contributed by atoms with Crippen molar-refractivity contribution in [2.75, 3.05) is 0 Å². The molecule has 0 aliphatic carbocycles. The molecule has 1 aromatic carbocycles. The van der Waals surface area contributed by atoms with E-state index in [1.807, 2.05) is 0 Å². The third kappa shape index (κ3) is 1.76. The number of carbonyl (C=O) groups excluding carboxylic acids is 1. The Labute approximate surface area is 90.1 Å². The minimum atomic E-state index is -0.514. The second kappa shape index (κ2) is 3.82. The zero-order chi connectivity index (χ0) is 10.8. The lowest BCUT2D eigenvalue weighted by Gasteiger charge is -2.05. The van der Waals surface area contributed by atoms with Gasteiger partial charge in [0.2, 0.25) is 0 Å². The SMILES string of the molecule is O=Cc1cccc(F)c1-n1cc(Cl)cn1. The lowest BCUT2D eigenvalue weighted by atomic mass is 10.2. The number of benzene rings is 1. The molecule has 0 saturated carbocycles. The number of carbonyl (C=O) groups is 1. The lowest BCUT2D eigenvalue weighted by molar-refractivity contribution is 0.112. The molecule has 0 bridgehead atoms. The molecule has 0 fully saturated rings.